The zero-order valence-electron chi connectivity index (χ0n) is 12.9. The number of carbonyl (C=O) groups is 1. The van der Waals surface area contributed by atoms with Crippen LogP contribution in [0.25, 0.3) is 0 Å². The number of nitro groups is 1. The van der Waals surface area contributed by atoms with Gasteiger partial charge in [0.1, 0.15) is 5.56 Å². The highest BCUT2D eigenvalue weighted by atomic mass is 16.6. The Labute approximate surface area is 133 Å². The van der Waals surface area contributed by atoms with Crippen LogP contribution in [-0.2, 0) is 11.4 Å². The van der Waals surface area contributed by atoms with Gasteiger partial charge in [-0.15, -0.1) is 0 Å². The minimum atomic E-state index is -0.599. The van der Waals surface area contributed by atoms with Crippen LogP contribution in [0.15, 0.2) is 12.1 Å². The summed E-state index contributed by atoms with van der Waals surface area (Å²) < 4.78 is 10.6. The first-order valence-corrected chi connectivity index (χ1v) is 7.09. The summed E-state index contributed by atoms with van der Waals surface area (Å²) in [4.78, 5) is 21.8. The highest BCUT2D eigenvalue weighted by Gasteiger charge is 2.22. The summed E-state index contributed by atoms with van der Waals surface area (Å²) in [5.74, 6) is 0.256. The van der Waals surface area contributed by atoms with Crippen molar-refractivity contribution in [3.8, 4) is 11.5 Å². The molecule has 1 amide bonds. The number of nitrogens with zero attached hydrogens (tertiary/aromatic N) is 1. The number of nitrogens with one attached hydrogen (secondary N) is 1. The molecule has 128 valence electrons. The van der Waals surface area contributed by atoms with Crippen molar-refractivity contribution in [3.05, 3.63) is 27.8 Å². The van der Waals surface area contributed by atoms with Crippen LogP contribution in [0, 0.1) is 10.1 Å². The normalized spacial score (nSPS) is 10.2. The second-order valence-electron chi connectivity index (χ2n) is 4.60. The van der Waals surface area contributed by atoms with Gasteiger partial charge in [-0.2, -0.15) is 0 Å². The highest BCUT2D eigenvalue weighted by molar-refractivity contribution is 5.75. The molecule has 1 rings (SSSR count). The Morgan fingerprint density at radius 1 is 1.48 bits per heavy atom. The Morgan fingerprint density at radius 3 is 2.78 bits per heavy atom. The smallest absolute Gasteiger partial charge is 0.278 e. The first-order chi connectivity index (χ1) is 11.0. The summed E-state index contributed by atoms with van der Waals surface area (Å²) in [6, 6.07) is 2.65. The molecule has 0 fully saturated rings. The van der Waals surface area contributed by atoms with E-state index >= 15 is 0 Å². The largest absolute Gasteiger partial charge is 0.493 e. The minimum Gasteiger partial charge on any atom is -0.493 e. The molecule has 0 aliphatic carbocycles. The van der Waals surface area contributed by atoms with E-state index < -0.39 is 11.5 Å². The van der Waals surface area contributed by atoms with Gasteiger partial charge in [0.05, 0.1) is 25.2 Å². The molecule has 9 nitrogen and oxygen atoms in total. The van der Waals surface area contributed by atoms with E-state index in [0.29, 0.717) is 19.5 Å². The SMILES string of the molecule is COc1ccc([N+](=O)[O-])c(CO)c1OCCCC(=O)NCCN. The molecule has 4 N–H and O–H groups in total. The quantitative estimate of drug-likeness (QED) is 0.320. The van der Waals surface area contributed by atoms with Crippen molar-refractivity contribution in [2.24, 2.45) is 5.73 Å². The van der Waals surface area contributed by atoms with Crippen molar-refractivity contribution in [1.29, 1.82) is 0 Å². The van der Waals surface area contributed by atoms with Crippen molar-refractivity contribution < 1.29 is 24.3 Å². The number of carbonyl (C=O) groups excluding carboxylic acids is 1. The number of hydrogen-bond donors (Lipinski definition) is 3. The predicted molar refractivity (Wildman–Crippen MR) is 82.4 cm³/mol. The molecule has 0 aromatic heterocycles. The molecule has 0 unspecified atom stereocenters. The third-order valence-corrected chi connectivity index (χ3v) is 3.04. The van der Waals surface area contributed by atoms with E-state index in [9.17, 15) is 20.0 Å². The summed E-state index contributed by atoms with van der Waals surface area (Å²) in [6.07, 6.45) is 0.652. The number of amides is 1. The van der Waals surface area contributed by atoms with Crippen molar-refractivity contribution >= 4 is 11.6 Å². The molecule has 0 aliphatic heterocycles. The van der Waals surface area contributed by atoms with Crippen LogP contribution >= 0.6 is 0 Å². The first-order valence-electron chi connectivity index (χ1n) is 7.09. The van der Waals surface area contributed by atoms with Crippen LogP contribution in [0.2, 0.25) is 0 Å². The van der Waals surface area contributed by atoms with Gasteiger partial charge in [-0.3, -0.25) is 14.9 Å². The number of aliphatic hydroxyl groups excluding tert-OH is 1. The second kappa shape index (κ2) is 9.59. The minimum absolute atomic E-state index is 0.0435. The topological polar surface area (TPSA) is 137 Å². The maximum absolute atomic E-state index is 11.4. The van der Waals surface area contributed by atoms with E-state index in [-0.39, 0.29) is 41.7 Å². The summed E-state index contributed by atoms with van der Waals surface area (Å²) in [5.41, 5.74) is 5.08. The van der Waals surface area contributed by atoms with Crippen LogP contribution in [0.1, 0.15) is 18.4 Å². The van der Waals surface area contributed by atoms with Crippen LogP contribution in [0.5, 0.6) is 11.5 Å². The highest BCUT2D eigenvalue weighted by Crippen LogP contribution is 2.37. The Balaban J connectivity index is 2.73. The third-order valence-electron chi connectivity index (χ3n) is 3.04. The van der Waals surface area contributed by atoms with Crippen LogP contribution in [-0.4, -0.2) is 42.7 Å². The first kappa shape index (κ1) is 18.7. The van der Waals surface area contributed by atoms with Gasteiger partial charge < -0.3 is 25.6 Å². The van der Waals surface area contributed by atoms with Crippen LogP contribution in [0.4, 0.5) is 5.69 Å². The van der Waals surface area contributed by atoms with Gasteiger partial charge >= 0.3 is 0 Å². The molecule has 23 heavy (non-hydrogen) atoms. The summed E-state index contributed by atoms with van der Waals surface area (Å²) >= 11 is 0. The molecule has 1 aromatic carbocycles. The Morgan fingerprint density at radius 2 is 2.22 bits per heavy atom. The lowest BCUT2D eigenvalue weighted by atomic mass is 10.1. The Bertz CT molecular complexity index is 550. The van der Waals surface area contributed by atoms with Crippen molar-refractivity contribution in [3.63, 3.8) is 0 Å². The van der Waals surface area contributed by atoms with Crippen molar-refractivity contribution in [1.82, 2.24) is 5.32 Å². The number of nitrogens with two attached hydrogens (primary N) is 1. The fourth-order valence-electron chi connectivity index (χ4n) is 1.95. The monoisotopic (exact) mass is 327 g/mol. The molecular formula is C14H21N3O6. The second-order valence-corrected chi connectivity index (χ2v) is 4.60. The fourth-order valence-corrected chi connectivity index (χ4v) is 1.95. The van der Waals surface area contributed by atoms with Crippen LogP contribution < -0.4 is 20.5 Å². The standard InChI is InChI=1S/C14H21N3O6/c1-22-12-5-4-11(17(20)21)10(9-18)14(12)23-8-2-3-13(19)16-7-6-15/h4-5,18H,2-3,6-9,15H2,1H3,(H,16,19). The number of nitro benzene ring substituents is 1. The van der Waals surface area contributed by atoms with Gasteiger partial charge in [-0.1, -0.05) is 0 Å². The summed E-state index contributed by atoms with van der Waals surface area (Å²) in [5, 5.41) is 23.0. The Hall–Kier alpha value is -2.39. The maximum atomic E-state index is 11.4. The van der Waals surface area contributed by atoms with Gasteiger partial charge in [-0.25, -0.2) is 0 Å². The molecule has 0 spiro atoms. The summed E-state index contributed by atoms with van der Waals surface area (Å²) in [6.45, 7) is 0.375. The van der Waals surface area contributed by atoms with E-state index in [4.69, 9.17) is 15.2 Å². The lowest BCUT2D eigenvalue weighted by Crippen LogP contribution is -2.29. The van der Waals surface area contributed by atoms with E-state index in [0.717, 1.165) is 0 Å². The Kier molecular flexibility index (Phi) is 7.78. The predicted octanol–water partition coefficient (Wildman–Crippen LogP) is 0.330. The van der Waals surface area contributed by atoms with E-state index in [1.54, 1.807) is 0 Å². The molecule has 0 saturated heterocycles. The zero-order valence-corrected chi connectivity index (χ0v) is 12.9. The molecule has 0 atom stereocenters. The molecule has 1 aromatic rings. The number of aliphatic hydroxyl groups is 1. The van der Waals surface area contributed by atoms with Gasteiger partial charge in [0.2, 0.25) is 5.91 Å². The molecule has 0 aliphatic rings. The average Bonchev–Trinajstić information content (AvgIpc) is 2.55. The van der Waals surface area contributed by atoms with E-state index in [1.165, 1.54) is 19.2 Å². The molecule has 9 heteroatoms. The van der Waals surface area contributed by atoms with E-state index in [1.807, 2.05) is 0 Å². The molecule has 0 saturated carbocycles. The number of ether oxygens (including phenoxy) is 2. The zero-order chi connectivity index (χ0) is 17.2. The maximum Gasteiger partial charge on any atom is 0.278 e. The fraction of sp³-hybridized carbons (Fsp3) is 0.500. The number of methoxy groups -OCH3 is 1. The average molecular weight is 327 g/mol. The number of hydrogen-bond acceptors (Lipinski definition) is 7. The summed E-state index contributed by atoms with van der Waals surface area (Å²) in [7, 11) is 1.40. The lowest BCUT2D eigenvalue weighted by molar-refractivity contribution is -0.386. The van der Waals surface area contributed by atoms with Gasteiger partial charge in [-0.05, 0) is 12.5 Å². The van der Waals surface area contributed by atoms with Crippen LogP contribution in [0.3, 0.4) is 0 Å². The van der Waals surface area contributed by atoms with E-state index in [2.05, 4.69) is 5.32 Å². The molecule has 0 radical (unpaired) electrons. The molecule has 0 bridgehead atoms. The number of benzene rings is 1. The molecule has 0 heterocycles. The van der Waals surface area contributed by atoms with Gasteiger partial charge in [0, 0.05) is 25.6 Å². The van der Waals surface area contributed by atoms with Gasteiger partial charge in [0.15, 0.2) is 11.5 Å². The third kappa shape index (κ3) is 5.38. The van der Waals surface area contributed by atoms with Crippen molar-refractivity contribution in [2.75, 3.05) is 26.8 Å². The van der Waals surface area contributed by atoms with Crippen molar-refractivity contribution in [2.45, 2.75) is 19.4 Å². The molecular weight excluding hydrogens is 306 g/mol. The lowest BCUT2D eigenvalue weighted by Gasteiger charge is -2.14. The van der Waals surface area contributed by atoms with Gasteiger partial charge in [0.25, 0.3) is 5.69 Å². The number of rotatable bonds is 10.